The van der Waals surface area contributed by atoms with Gasteiger partial charge in [0.25, 0.3) is 5.91 Å². The molecule has 0 aliphatic carbocycles. The largest absolute Gasteiger partial charge is 0.451 e. The molecule has 0 N–H and O–H groups in total. The predicted octanol–water partition coefficient (Wildman–Crippen LogP) is 3.37. The van der Waals surface area contributed by atoms with Gasteiger partial charge in [-0.05, 0) is 44.4 Å². The van der Waals surface area contributed by atoms with Crippen molar-refractivity contribution in [2.24, 2.45) is 0 Å². The van der Waals surface area contributed by atoms with Crippen LogP contribution >= 0.6 is 0 Å². The van der Waals surface area contributed by atoms with Crippen LogP contribution in [0.5, 0.6) is 0 Å². The summed E-state index contributed by atoms with van der Waals surface area (Å²) < 4.78 is 5.65. The summed E-state index contributed by atoms with van der Waals surface area (Å²) in [5, 5.41) is 1.01. The van der Waals surface area contributed by atoms with E-state index < -0.39 is 0 Å². The monoisotopic (exact) mass is 243 g/mol. The Hall–Kier alpha value is -1.77. The molecule has 0 radical (unpaired) electrons. The third-order valence-electron chi connectivity index (χ3n) is 3.53. The summed E-state index contributed by atoms with van der Waals surface area (Å²) in [6, 6.07) is 7.84. The second-order valence-electron chi connectivity index (χ2n) is 5.00. The summed E-state index contributed by atoms with van der Waals surface area (Å²) in [4.78, 5) is 14.2. The third-order valence-corrected chi connectivity index (χ3v) is 3.53. The normalized spacial score (nSPS) is 16.2. The van der Waals surface area contributed by atoms with Crippen molar-refractivity contribution in [1.29, 1.82) is 0 Å². The van der Waals surface area contributed by atoms with Crippen molar-refractivity contribution in [1.82, 2.24) is 4.90 Å². The van der Waals surface area contributed by atoms with E-state index >= 15 is 0 Å². The molecule has 1 aliphatic rings. The maximum absolute atomic E-state index is 12.3. The van der Waals surface area contributed by atoms with Gasteiger partial charge in [-0.25, -0.2) is 0 Å². The van der Waals surface area contributed by atoms with Crippen LogP contribution in [0, 0.1) is 6.92 Å². The van der Waals surface area contributed by atoms with Crippen LogP contribution in [0.1, 0.15) is 35.4 Å². The zero-order valence-corrected chi connectivity index (χ0v) is 10.6. The molecule has 0 spiro atoms. The Morgan fingerprint density at radius 3 is 2.72 bits per heavy atom. The molecule has 0 atom stereocenters. The number of carbonyl (C=O) groups is 1. The van der Waals surface area contributed by atoms with Crippen LogP contribution in [0.4, 0.5) is 0 Å². The van der Waals surface area contributed by atoms with Crippen LogP contribution in [0.25, 0.3) is 11.0 Å². The van der Waals surface area contributed by atoms with Crippen molar-refractivity contribution >= 4 is 16.9 Å². The first kappa shape index (κ1) is 11.3. The fourth-order valence-electron chi connectivity index (χ4n) is 2.52. The predicted molar refractivity (Wildman–Crippen MR) is 70.7 cm³/mol. The molecule has 1 fully saturated rings. The number of aryl methyl sites for hydroxylation is 1. The zero-order valence-electron chi connectivity index (χ0n) is 10.6. The van der Waals surface area contributed by atoms with Crippen LogP contribution in [0.3, 0.4) is 0 Å². The standard InChI is InChI=1S/C15H17NO2/c1-11-5-6-13-12(9-11)10-14(18-13)15(17)16-7-3-2-4-8-16/h5-6,9-10H,2-4,7-8H2,1H3. The molecular weight excluding hydrogens is 226 g/mol. The van der Waals surface area contributed by atoms with Crippen molar-refractivity contribution in [2.45, 2.75) is 26.2 Å². The second kappa shape index (κ2) is 4.48. The van der Waals surface area contributed by atoms with Gasteiger partial charge in [-0.2, -0.15) is 0 Å². The quantitative estimate of drug-likeness (QED) is 0.769. The van der Waals surface area contributed by atoms with Gasteiger partial charge >= 0.3 is 0 Å². The first-order chi connectivity index (χ1) is 8.74. The molecule has 1 aromatic carbocycles. The Labute approximate surface area is 106 Å². The van der Waals surface area contributed by atoms with Gasteiger partial charge in [-0.1, -0.05) is 11.6 Å². The molecule has 1 saturated heterocycles. The van der Waals surface area contributed by atoms with Crippen LogP contribution in [0.15, 0.2) is 28.7 Å². The molecule has 0 saturated carbocycles. The highest BCUT2D eigenvalue weighted by Gasteiger charge is 2.21. The minimum absolute atomic E-state index is 0.0311. The van der Waals surface area contributed by atoms with Crippen molar-refractivity contribution in [2.75, 3.05) is 13.1 Å². The summed E-state index contributed by atoms with van der Waals surface area (Å²) in [5.74, 6) is 0.501. The number of carbonyl (C=O) groups excluding carboxylic acids is 1. The second-order valence-corrected chi connectivity index (χ2v) is 5.00. The number of piperidine rings is 1. The van der Waals surface area contributed by atoms with E-state index in [0.29, 0.717) is 5.76 Å². The Kier molecular flexibility index (Phi) is 2.82. The number of fused-ring (bicyclic) bond motifs is 1. The van der Waals surface area contributed by atoms with Crippen LogP contribution in [-0.4, -0.2) is 23.9 Å². The molecule has 2 aromatic rings. The van der Waals surface area contributed by atoms with E-state index in [9.17, 15) is 4.79 Å². The van der Waals surface area contributed by atoms with Gasteiger partial charge in [-0.15, -0.1) is 0 Å². The van der Waals surface area contributed by atoms with Gasteiger partial charge in [-0.3, -0.25) is 4.79 Å². The van der Waals surface area contributed by atoms with Gasteiger partial charge in [0, 0.05) is 18.5 Å². The summed E-state index contributed by atoms with van der Waals surface area (Å²) in [7, 11) is 0. The lowest BCUT2D eigenvalue weighted by Gasteiger charge is -2.25. The number of hydrogen-bond donors (Lipinski definition) is 0. The molecule has 1 aliphatic heterocycles. The number of nitrogens with zero attached hydrogens (tertiary/aromatic N) is 1. The Morgan fingerprint density at radius 1 is 1.17 bits per heavy atom. The summed E-state index contributed by atoms with van der Waals surface area (Å²) in [5.41, 5.74) is 1.97. The van der Waals surface area contributed by atoms with Crippen LogP contribution < -0.4 is 0 Å². The minimum Gasteiger partial charge on any atom is -0.451 e. The molecule has 2 heterocycles. The van der Waals surface area contributed by atoms with E-state index in [-0.39, 0.29) is 5.91 Å². The molecular formula is C15H17NO2. The van der Waals surface area contributed by atoms with Gasteiger partial charge < -0.3 is 9.32 Å². The maximum atomic E-state index is 12.3. The van der Waals surface area contributed by atoms with Crippen molar-refractivity contribution in [3.05, 3.63) is 35.6 Å². The fourth-order valence-corrected chi connectivity index (χ4v) is 2.52. The molecule has 1 aromatic heterocycles. The van der Waals surface area contributed by atoms with E-state index in [4.69, 9.17) is 4.42 Å². The van der Waals surface area contributed by atoms with Gasteiger partial charge in [0.05, 0.1) is 0 Å². The average Bonchev–Trinajstić information content (AvgIpc) is 2.81. The lowest BCUT2D eigenvalue weighted by atomic mass is 10.1. The molecule has 1 amide bonds. The molecule has 3 nitrogen and oxygen atoms in total. The third kappa shape index (κ3) is 2.01. The van der Waals surface area contributed by atoms with Crippen LogP contribution in [-0.2, 0) is 0 Å². The molecule has 3 rings (SSSR count). The first-order valence-corrected chi connectivity index (χ1v) is 6.53. The highest BCUT2D eigenvalue weighted by molar-refractivity contribution is 5.96. The van der Waals surface area contributed by atoms with Gasteiger partial charge in [0.15, 0.2) is 5.76 Å². The van der Waals surface area contributed by atoms with Crippen molar-refractivity contribution in [3.8, 4) is 0 Å². The van der Waals surface area contributed by atoms with Crippen molar-refractivity contribution < 1.29 is 9.21 Å². The molecule has 0 unspecified atom stereocenters. The lowest BCUT2D eigenvalue weighted by Crippen LogP contribution is -2.35. The molecule has 94 valence electrons. The highest BCUT2D eigenvalue weighted by atomic mass is 16.3. The maximum Gasteiger partial charge on any atom is 0.289 e. The van der Waals surface area contributed by atoms with E-state index in [0.717, 1.165) is 36.9 Å². The molecule has 3 heteroatoms. The van der Waals surface area contributed by atoms with Crippen molar-refractivity contribution in [3.63, 3.8) is 0 Å². The SMILES string of the molecule is Cc1ccc2oc(C(=O)N3CCCCC3)cc2c1. The average molecular weight is 243 g/mol. The van der Waals surface area contributed by atoms with E-state index in [1.165, 1.54) is 12.0 Å². The van der Waals surface area contributed by atoms with E-state index in [1.54, 1.807) is 0 Å². The minimum atomic E-state index is 0.0311. The zero-order chi connectivity index (χ0) is 12.5. The van der Waals surface area contributed by atoms with Gasteiger partial charge in [0.1, 0.15) is 5.58 Å². The lowest BCUT2D eigenvalue weighted by molar-refractivity contribution is 0.0694. The number of hydrogen-bond acceptors (Lipinski definition) is 2. The summed E-state index contributed by atoms with van der Waals surface area (Å²) in [6.07, 6.45) is 3.43. The highest BCUT2D eigenvalue weighted by Crippen LogP contribution is 2.22. The summed E-state index contributed by atoms with van der Waals surface area (Å²) in [6.45, 7) is 3.75. The first-order valence-electron chi connectivity index (χ1n) is 6.53. The number of benzene rings is 1. The van der Waals surface area contributed by atoms with Gasteiger partial charge in [0.2, 0.25) is 0 Å². The molecule has 18 heavy (non-hydrogen) atoms. The number of amides is 1. The Bertz CT molecular complexity index is 579. The number of likely N-dealkylation sites (tertiary alicyclic amines) is 1. The van der Waals surface area contributed by atoms with E-state index in [1.807, 2.05) is 36.1 Å². The van der Waals surface area contributed by atoms with E-state index in [2.05, 4.69) is 0 Å². The Morgan fingerprint density at radius 2 is 1.94 bits per heavy atom. The smallest absolute Gasteiger partial charge is 0.289 e. The summed E-state index contributed by atoms with van der Waals surface area (Å²) >= 11 is 0. The molecule has 0 bridgehead atoms. The Balaban J connectivity index is 1.91. The van der Waals surface area contributed by atoms with Crippen LogP contribution in [0.2, 0.25) is 0 Å². The fraction of sp³-hybridized carbons (Fsp3) is 0.400. The topological polar surface area (TPSA) is 33.5 Å². The number of furan rings is 1. The number of rotatable bonds is 1.